The molecule has 0 aromatic heterocycles. The number of alkyl halides is 3. The van der Waals surface area contributed by atoms with Crippen LogP contribution in [0.5, 0.6) is 0 Å². The van der Waals surface area contributed by atoms with E-state index >= 15 is 0 Å². The van der Waals surface area contributed by atoms with Gasteiger partial charge in [0.15, 0.2) is 0 Å². The molecule has 2 aromatic carbocycles. The Balaban J connectivity index is 2.49. The van der Waals surface area contributed by atoms with Gasteiger partial charge in [0, 0.05) is 10.0 Å². The van der Waals surface area contributed by atoms with Crippen molar-refractivity contribution in [3.63, 3.8) is 0 Å². The number of halogens is 4. The summed E-state index contributed by atoms with van der Waals surface area (Å²) in [5.74, 6) is 0. The van der Waals surface area contributed by atoms with Crippen molar-refractivity contribution in [3.8, 4) is 17.2 Å². The first-order valence-corrected chi connectivity index (χ1v) is 6.08. The van der Waals surface area contributed by atoms with Gasteiger partial charge in [0.25, 0.3) is 0 Å². The second kappa shape index (κ2) is 5.06. The van der Waals surface area contributed by atoms with Crippen LogP contribution in [0.15, 0.2) is 46.9 Å². The minimum atomic E-state index is -4.35. The summed E-state index contributed by atoms with van der Waals surface area (Å²) < 4.78 is 38.2. The molecule has 0 amide bonds. The highest BCUT2D eigenvalue weighted by Crippen LogP contribution is 2.32. The van der Waals surface area contributed by atoms with E-state index in [2.05, 4.69) is 15.9 Å². The quantitative estimate of drug-likeness (QED) is 0.723. The first kappa shape index (κ1) is 13.6. The van der Waals surface area contributed by atoms with Crippen molar-refractivity contribution in [1.29, 1.82) is 5.26 Å². The van der Waals surface area contributed by atoms with Crippen molar-refractivity contribution in [1.82, 2.24) is 0 Å². The smallest absolute Gasteiger partial charge is 0.192 e. The van der Waals surface area contributed by atoms with Gasteiger partial charge in [0.1, 0.15) is 0 Å². The third-order valence-corrected chi connectivity index (χ3v) is 3.12. The summed E-state index contributed by atoms with van der Waals surface area (Å²) in [5, 5.41) is 9.01. The van der Waals surface area contributed by atoms with E-state index in [1.165, 1.54) is 12.1 Å². The van der Waals surface area contributed by atoms with Gasteiger partial charge in [-0.25, -0.2) is 0 Å². The van der Waals surface area contributed by atoms with Crippen LogP contribution in [-0.2, 0) is 6.18 Å². The third kappa shape index (κ3) is 2.96. The van der Waals surface area contributed by atoms with E-state index in [1.807, 2.05) is 6.07 Å². The maximum absolute atomic E-state index is 12.5. The Hall–Kier alpha value is -1.80. The van der Waals surface area contributed by atoms with Crippen LogP contribution >= 0.6 is 15.9 Å². The largest absolute Gasteiger partial charge is 0.416 e. The average Bonchev–Trinajstić information content (AvgIpc) is 2.38. The molecule has 0 fully saturated rings. The topological polar surface area (TPSA) is 23.8 Å². The van der Waals surface area contributed by atoms with Crippen LogP contribution in [0.4, 0.5) is 13.2 Å². The lowest BCUT2D eigenvalue weighted by molar-refractivity contribution is -0.137. The SMILES string of the molecule is N#Cc1ccc(Br)cc1-c1ccc(C(F)(F)F)cc1. The van der Waals surface area contributed by atoms with Gasteiger partial charge in [-0.2, -0.15) is 18.4 Å². The van der Waals surface area contributed by atoms with Crippen molar-refractivity contribution in [2.45, 2.75) is 6.18 Å². The van der Waals surface area contributed by atoms with E-state index in [1.54, 1.807) is 18.2 Å². The second-order valence-corrected chi connectivity index (χ2v) is 4.79. The molecule has 1 nitrogen and oxygen atoms in total. The highest BCUT2D eigenvalue weighted by molar-refractivity contribution is 9.10. The van der Waals surface area contributed by atoms with Crippen molar-refractivity contribution in [2.24, 2.45) is 0 Å². The fourth-order valence-electron chi connectivity index (χ4n) is 1.69. The molecule has 0 N–H and O–H groups in total. The maximum Gasteiger partial charge on any atom is 0.416 e. The van der Waals surface area contributed by atoms with Crippen LogP contribution in [0.25, 0.3) is 11.1 Å². The Kier molecular flexibility index (Phi) is 3.63. The maximum atomic E-state index is 12.5. The lowest BCUT2D eigenvalue weighted by Gasteiger charge is -2.09. The van der Waals surface area contributed by atoms with Gasteiger partial charge in [0.2, 0.25) is 0 Å². The average molecular weight is 326 g/mol. The summed E-state index contributed by atoms with van der Waals surface area (Å²) in [6, 6.07) is 11.8. The van der Waals surface area contributed by atoms with Crippen LogP contribution in [-0.4, -0.2) is 0 Å². The summed E-state index contributed by atoms with van der Waals surface area (Å²) in [6.07, 6.45) is -4.35. The Morgan fingerprint density at radius 1 is 1.00 bits per heavy atom. The number of benzene rings is 2. The fourth-order valence-corrected chi connectivity index (χ4v) is 2.05. The highest BCUT2D eigenvalue weighted by atomic mass is 79.9. The Morgan fingerprint density at radius 2 is 1.63 bits per heavy atom. The number of hydrogen-bond acceptors (Lipinski definition) is 1. The fraction of sp³-hybridized carbons (Fsp3) is 0.0714. The predicted octanol–water partition coefficient (Wildman–Crippen LogP) is 5.01. The standard InChI is InChI=1S/C14H7BrF3N/c15-12-6-3-10(8-19)13(7-12)9-1-4-11(5-2-9)14(16,17)18/h1-7H. The van der Waals surface area contributed by atoms with Gasteiger partial charge in [-0.15, -0.1) is 0 Å². The van der Waals surface area contributed by atoms with Gasteiger partial charge < -0.3 is 0 Å². The minimum Gasteiger partial charge on any atom is -0.192 e. The lowest BCUT2D eigenvalue weighted by Crippen LogP contribution is -2.04. The van der Waals surface area contributed by atoms with E-state index in [9.17, 15) is 13.2 Å². The van der Waals surface area contributed by atoms with Crippen molar-refractivity contribution in [2.75, 3.05) is 0 Å². The van der Waals surface area contributed by atoms with Crippen molar-refractivity contribution >= 4 is 15.9 Å². The zero-order valence-electron chi connectivity index (χ0n) is 9.50. The molecule has 96 valence electrons. The van der Waals surface area contributed by atoms with E-state index in [4.69, 9.17) is 5.26 Å². The molecule has 19 heavy (non-hydrogen) atoms. The molecule has 2 rings (SSSR count). The number of nitriles is 1. The molecule has 0 saturated carbocycles. The van der Waals surface area contributed by atoms with Crippen molar-refractivity contribution in [3.05, 3.63) is 58.1 Å². The molecule has 5 heteroatoms. The Morgan fingerprint density at radius 3 is 2.16 bits per heavy atom. The highest BCUT2D eigenvalue weighted by Gasteiger charge is 2.30. The van der Waals surface area contributed by atoms with Gasteiger partial charge >= 0.3 is 6.18 Å². The number of rotatable bonds is 1. The van der Waals surface area contributed by atoms with Gasteiger partial charge in [0.05, 0.1) is 17.2 Å². The summed E-state index contributed by atoms with van der Waals surface area (Å²) in [4.78, 5) is 0. The third-order valence-electron chi connectivity index (χ3n) is 2.63. The molecule has 0 aliphatic heterocycles. The summed E-state index contributed by atoms with van der Waals surface area (Å²) in [7, 11) is 0. The molecule has 0 radical (unpaired) electrons. The molecule has 0 bridgehead atoms. The van der Waals surface area contributed by atoms with E-state index < -0.39 is 11.7 Å². The summed E-state index contributed by atoms with van der Waals surface area (Å²) in [5.41, 5.74) is 0.893. The Labute approximate surface area is 116 Å². The summed E-state index contributed by atoms with van der Waals surface area (Å²) >= 11 is 3.28. The van der Waals surface area contributed by atoms with Crippen LogP contribution in [0.1, 0.15) is 11.1 Å². The Bertz CT molecular complexity index is 639. The molecule has 0 aliphatic rings. The summed E-state index contributed by atoms with van der Waals surface area (Å²) in [6.45, 7) is 0. The normalized spacial score (nSPS) is 11.1. The lowest BCUT2D eigenvalue weighted by atomic mass is 9.99. The number of nitrogens with zero attached hydrogens (tertiary/aromatic N) is 1. The van der Waals surface area contributed by atoms with Crippen LogP contribution in [0.2, 0.25) is 0 Å². The predicted molar refractivity (Wildman–Crippen MR) is 69.3 cm³/mol. The van der Waals surface area contributed by atoms with Crippen molar-refractivity contribution < 1.29 is 13.2 Å². The zero-order valence-corrected chi connectivity index (χ0v) is 11.1. The van der Waals surface area contributed by atoms with E-state index in [-0.39, 0.29) is 0 Å². The molecule has 0 heterocycles. The van der Waals surface area contributed by atoms with Crippen LogP contribution < -0.4 is 0 Å². The minimum absolute atomic E-state index is 0.419. The first-order chi connectivity index (χ1) is 8.91. The molecule has 0 aliphatic carbocycles. The van der Waals surface area contributed by atoms with E-state index in [0.717, 1.165) is 16.6 Å². The molecule has 0 saturated heterocycles. The van der Waals surface area contributed by atoms with Gasteiger partial charge in [-0.05, 0) is 35.9 Å². The number of hydrogen-bond donors (Lipinski definition) is 0. The van der Waals surface area contributed by atoms with Crippen LogP contribution in [0, 0.1) is 11.3 Å². The van der Waals surface area contributed by atoms with Crippen LogP contribution in [0.3, 0.4) is 0 Å². The van der Waals surface area contributed by atoms with Gasteiger partial charge in [-0.3, -0.25) is 0 Å². The molecule has 0 unspecified atom stereocenters. The molecule has 2 aromatic rings. The van der Waals surface area contributed by atoms with E-state index in [0.29, 0.717) is 16.7 Å². The molecular formula is C14H7BrF3N. The zero-order chi connectivity index (χ0) is 14.0. The second-order valence-electron chi connectivity index (χ2n) is 3.88. The van der Waals surface area contributed by atoms with Gasteiger partial charge in [-0.1, -0.05) is 28.1 Å². The molecule has 0 atom stereocenters. The molecule has 0 spiro atoms. The molecular weight excluding hydrogens is 319 g/mol. The first-order valence-electron chi connectivity index (χ1n) is 5.29. The monoisotopic (exact) mass is 325 g/mol.